The summed E-state index contributed by atoms with van der Waals surface area (Å²) in [6.45, 7) is 6.04. The van der Waals surface area contributed by atoms with E-state index in [0.717, 1.165) is 53.9 Å². The summed E-state index contributed by atoms with van der Waals surface area (Å²) < 4.78 is 7.31. The van der Waals surface area contributed by atoms with Gasteiger partial charge in [0, 0.05) is 24.4 Å². The first-order valence-corrected chi connectivity index (χ1v) is 11.4. The molecule has 0 saturated carbocycles. The van der Waals surface area contributed by atoms with Gasteiger partial charge < -0.3 is 15.5 Å². The fourth-order valence-corrected chi connectivity index (χ4v) is 4.49. The summed E-state index contributed by atoms with van der Waals surface area (Å²) >= 11 is 1.50. The molecule has 1 aliphatic heterocycles. The fourth-order valence-electron chi connectivity index (χ4n) is 3.66. The molecular weight excluding hydrogens is 410 g/mol. The summed E-state index contributed by atoms with van der Waals surface area (Å²) in [7, 11) is 0. The second-order valence-corrected chi connectivity index (χ2v) is 8.81. The third-order valence-electron chi connectivity index (χ3n) is 5.26. The van der Waals surface area contributed by atoms with Crippen LogP contribution in [-0.2, 0) is 12.4 Å². The highest BCUT2D eigenvalue weighted by atomic mass is 32.2. The monoisotopic (exact) mass is 437 g/mol. The molecule has 1 fully saturated rings. The average Bonchev–Trinajstić information content (AvgIpc) is 3.40. The van der Waals surface area contributed by atoms with Crippen LogP contribution in [0.5, 0.6) is 5.75 Å². The number of amides is 1. The number of carbonyl (C=O) groups excluding carboxylic acids is 1. The quantitative estimate of drug-likeness (QED) is 0.448. The van der Waals surface area contributed by atoms with Crippen LogP contribution in [0.3, 0.4) is 0 Å². The highest BCUT2D eigenvalue weighted by Gasteiger charge is 2.19. The largest absolute Gasteiger partial charge is 0.486 e. The summed E-state index contributed by atoms with van der Waals surface area (Å²) in [6, 6.07) is 13.8. The summed E-state index contributed by atoms with van der Waals surface area (Å²) in [5.74, 6) is 8.32. The molecule has 2 N–H and O–H groups in total. The Morgan fingerprint density at radius 3 is 2.42 bits per heavy atom. The van der Waals surface area contributed by atoms with Gasteiger partial charge in [0.2, 0.25) is 5.16 Å². The van der Waals surface area contributed by atoms with Crippen LogP contribution in [0.15, 0.2) is 47.6 Å². The van der Waals surface area contributed by atoms with E-state index in [1.54, 1.807) is 0 Å². The molecule has 2 aromatic carbocycles. The van der Waals surface area contributed by atoms with Crippen molar-refractivity contribution in [2.24, 2.45) is 0 Å². The molecule has 1 aromatic heterocycles. The van der Waals surface area contributed by atoms with Crippen LogP contribution in [0.1, 0.15) is 45.7 Å². The van der Waals surface area contributed by atoms with Gasteiger partial charge in [-0.2, -0.15) is 0 Å². The van der Waals surface area contributed by atoms with Crippen molar-refractivity contribution >= 4 is 17.7 Å². The van der Waals surface area contributed by atoms with Gasteiger partial charge >= 0.3 is 0 Å². The van der Waals surface area contributed by atoms with Crippen LogP contribution < -0.4 is 10.6 Å². The van der Waals surface area contributed by atoms with E-state index < -0.39 is 0 Å². The molecule has 0 unspecified atom stereocenters. The number of aryl methyl sites for hydroxylation is 2. The van der Waals surface area contributed by atoms with E-state index in [-0.39, 0.29) is 12.5 Å². The molecule has 3 aromatic rings. The molecule has 8 heteroatoms. The van der Waals surface area contributed by atoms with Crippen LogP contribution in [0, 0.1) is 13.8 Å². The van der Waals surface area contributed by atoms with Crippen LogP contribution in [0.25, 0.3) is 0 Å². The highest BCUT2D eigenvalue weighted by molar-refractivity contribution is 7.98. The molecule has 0 aliphatic carbocycles. The topological polar surface area (TPSA) is 86.3 Å². The van der Waals surface area contributed by atoms with Gasteiger partial charge in [0.05, 0.1) is 0 Å². The molecule has 0 atom stereocenters. The second-order valence-electron chi connectivity index (χ2n) is 7.87. The predicted octanol–water partition coefficient (Wildman–Crippen LogP) is 3.72. The van der Waals surface area contributed by atoms with Gasteiger partial charge in [-0.15, -0.1) is 10.2 Å². The van der Waals surface area contributed by atoms with E-state index in [1.807, 2.05) is 55.1 Å². The fraction of sp³-hybridized carbons (Fsp3) is 0.348. The number of hydrogen-bond acceptors (Lipinski definition) is 6. The van der Waals surface area contributed by atoms with Crippen molar-refractivity contribution in [3.05, 3.63) is 70.5 Å². The van der Waals surface area contributed by atoms with Gasteiger partial charge in [-0.1, -0.05) is 30.0 Å². The van der Waals surface area contributed by atoms with Crippen molar-refractivity contribution in [3.8, 4) is 5.75 Å². The molecule has 1 aliphatic rings. The van der Waals surface area contributed by atoms with Gasteiger partial charge in [0.15, 0.2) is 5.82 Å². The number of nitrogens with zero attached hydrogens (tertiary/aromatic N) is 4. The summed E-state index contributed by atoms with van der Waals surface area (Å²) in [4.78, 5) is 14.4. The molecule has 0 spiro atoms. The van der Waals surface area contributed by atoms with Gasteiger partial charge in [-0.3, -0.25) is 4.79 Å². The van der Waals surface area contributed by atoms with Gasteiger partial charge in [-0.05, 0) is 67.6 Å². The van der Waals surface area contributed by atoms with E-state index in [2.05, 4.69) is 16.3 Å². The summed E-state index contributed by atoms with van der Waals surface area (Å²) in [5.41, 5.74) is 4.13. The second kappa shape index (κ2) is 9.43. The molecule has 0 bridgehead atoms. The number of carbonyl (C=O) groups is 1. The molecule has 2 heterocycles. The Bertz CT molecular complexity index is 1040. The lowest BCUT2D eigenvalue weighted by Gasteiger charge is -2.15. The Hall–Kier alpha value is -3.00. The standard InChI is InChI=1S/C23H27N5O2S/c1-16-11-17(2)13-20(12-16)30-14-21-25-26-23(28(21)24)31-15-18-5-7-19(8-6-18)22(29)27-9-3-4-10-27/h5-8,11-13H,3-4,9-10,14-15,24H2,1-2H3. The first kappa shape index (κ1) is 21.2. The number of ether oxygens (including phenoxy) is 1. The summed E-state index contributed by atoms with van der Waals surface area (Å²) in [5, 5.41) is 8.97. The first-order chi connectivity index (χ1) is 15.0. The molecule has 0 radical (unpaired) electrons. The third-order valence-corrected chi connectivity index (χ3v) is 6.27. The number of rotatable bonds is 7. The lowest BCUT2D eigenvalue weighted by molar-refractivity contribution is 0.0793. The zero-order valence-corrected chi connectivity index (χ0v) is 18.7. The molecule has 162 valence electrons. The van der Waals surface area contributed by atoms with Crippen molar-refractivity contribution < 1.29 is 9.53 Å². The van der Waals surface area contributed by atoms with Crippen molar-refractivity contribution in [1.82, 2.24) is 19.8 Å². The van der Waals surface area contributed by atoms with Crippen molar-refractivity contribution in [2.45, 2.75) is 44.2 Å². The maximum atomic E-state index is 12.5. The smallest absolute Gasteiger partial charge is 0.253 e. The maximum absolute atomic E-state index is 12.5. The van der Waals surface area contributed by atoms with Gasteiger partial charge in [0.25, 0.3) is 5.91 Å². The number of aromatic nitrogens is 3. The SMILES string of the molecule is Cc1cc(C)cc(OCc2nnc(SCc3ccc(C(=O)N4CCCC4)cc3)n2N)c1. The van der Waals surface area contributed by atoms with E-state index >= 15 is 0 Å². The zero-order chi connectivity index (χ0) is 21.8. The maximum Gasteiger partial charge on any atom is 0.253 e. The number of nitrogen functional groups attached to an aromatic ring is 1. The highest BCUT2D eigenvalue weighted by Crippen LogP contribution is 2.22. The van der Waals surface area contributed by atoms with Crippen LogP contribution in [0.2, 0.25) is 0 Å². The molecular formula is C23H27N5O2S. The summed E-state index contributed by atoms with van der Waals surface area (Å²) in [6.07, 6.45) is 2.19. The third kappa shape index (κ3) is 5.19. The van der Waals surface area contributed by atoms with E-state index in [0.29, 0.717) is 16.7 Å². The van der Waals surface area contributed by atoms with E-state index in [9.17, 15) is 4.79 Å². The van der Waals surface area contributed by atoms with E-state index in [4.69, 9.17) is 10.6 Å². The molecule has 4 rings (SSSR count). The minimum atomic E-state index is 0.117. The lowest BCUT2D eigenvalue weighted by atomic mass is 10.1. The molecule has 31 heavy (non-hydrogen) atoms. The molecule has 7 nitrogen and oxygen atoms in total. The lowest BCUT2D eigenvalue weighted by Crippen LogP contribution is -2.27. The zero-order valence-electron chi connectivity index (χ0n) is 17.9. The number of likely N-dealkylation sites (tertiary alicyclic amines) is 1. The number of thioether (sulfide) groups is 1. The van der Waals surface area contributed by atoms with Crippen molar-refractivity contribution in [1.29, 1.82) is 0 Å². The molecule has 1 saturated heterocycles. The van der Waals surface area contributed by atoms with Gasteiger partial charge in [-0.25, -0.2) is 4.68 Å². The Labute approximate surface area is 186 Å². The van der Waals surface area contributed by atoms with Crippen LogP contribution in [-0.4, -0.2) is 38.8 Å². The Morgan fingerprint density at radius 2 is 1.74 bits per heavy atom. The van der Waals surface area contributed by atoms with E-state index in [1.165, 1.54) is 16.4 Å². The first-order valence-electron chi connectivity index (χ1n) is 10.4. The van der Waals surface area contributed by atoms with Gasteiger partial charge in [0.1, 0.15) is 12.4 Å². The van der Waals surface area contributed by atoms with Crippen LogP contribution >= 0.6 is 11.8 Å². The number of benzene rings is 2. The normalized spacial score (nSPS) is 13.5. The minimum Gasteiger partial charge on any atom is -0.486 e. The number of hydrogen-bond donors (Lipinski definition) is 1. The van der Waals surface area contributed by atoms with Crippen LogP contribution in [0.4, 0.5) is 0 Å². The Kier molecular flexibility index (Phi) is 6.46. The molecule has 1 amide bonds. The Balaban J connectivity index is 1.33. The Morgan fingerprint density at radius 1 is 1.06 bits per heavy atom. The average molecular weight is 438 g/mol. The number of nitrogens with two attached hydrogens (primary N) is 1. The predicted molar refractivity (Wildman–Crippen MR) is 122 cm³/mol. The van der Waals surface area contributed by atoms with Crippen molar-refractivity contribution in [2.75, 3.05) is 18.9 Å². The minimum absolute atomic E-state index is 0.117. The van der Waals surface area contributed by atoms with Crippen molar-refractivity contribution in [3.63, 3.8) is 0 Å².